The van der Waals surface area contributed by atoms with Crippen molar-refractivity contribution in [3.8, 4) is 5.75 Å². The SMILES string of the molecule is C=C1N=C(c2ccc(OCCCC)cc2)OC1=O. The molecule has 0 aromatic heterocycles. The fourth-order valence-corrected chi connectivity index (χ4v) is 1.49. The zero-order valence-corrected chi connectivity index (χ0v) is 10.3. The summed E-state index contributed by atoms with van der Waals surface area (Å²) in [5, 5.41) is 0. The topological polar surface area (TPSA) is 47.9 Å². The van der Waals surface area contributed by atoms with Gasteiger partial charge in [-0.3, -0.25) is 0 Å². The van der Waals surface area contributed by atoms with Crippen LogP contribution >= 0.6 is 0 Å². The van der Waals surface area contributed by atoms with Gasteiger partial charge in [-0.05, 0) is 30.7 Å². The number of nitrogens with zero attached hydrogens (tertiary/aromatic N) is 1. The van der Waals surface area contributed by atoms with E-state index in [4.69, 9.17) is 9.47 Å². The van der Waals surface area contributed by atoms with E-state index in [2.05, 4.69) is 18.5 Å². The van der Waals surface area contributed by atoms with Gasteiger partial charge in [0.1, 0.15) is 11.4 Å². The molecule has 0 atom stereocenters. The lowest BCUT2D eigenvalue weighted by Crippen LogP contribution is -2.05. The van der Waals surface area contributed by atoms with Crippen LogP contribution in [-0.2, 0) is 9.53 Å². The van der Waals surface area contributed by atoms with Crippen molar-refractivity contribution in [2.75, 3.05) is 6.61 Å². The van der Waals surface area contributed by atoms with Crippen molar-refractivity contribution in [1.82, 2.24) is 0 Å². The second-order valence-corrected chi connectivity index (χ2v) is 3.98. The molecule has 0 spiro atoms. The van der Waals surface area contributed by atoms with Gasteiger partial charge in [-0.1, -0.05) is 19.9 Å². The molecule has 0 radical (unpaired) electrons. The maximum atomic E-state index is 11.1. The van der Waals surface area contributed by atoms with Gasteiger partial charge in [0.2, 0.25) is 5.90 Å². The van der Waals surface area contributed by atoms with Crippen molar-refractivity contribution in [2.24, 2.45) is 4.99 Å². The Morgan fingerprint density at radius 3 is 2.61 bits per heavy atom. The zero-order chi connectivity index (χ0) is 13.0. The Balaban J connectivity index is 2.02. The van der Waals surface area contributed by atoms with Crippen LogP contribution in [0.25, 0.3) is 0 Å². The number of hydrogen-bond acceptors (Lipinski definition) is 4. The van der Waals surface area contributed by atoms with Gasteiger partial charge >= 0.3 is 5.97 Å². The van der Waals surface area contributed by atoms with E-state index in [0.29, 0.717) is 12.5 Å². The molecule has 0 unspecified atom stereocenters. The summed E-state index contributed by atoms with van der Waals surface area (Å²) < 4.78 is 10.5. The lowest BCUT2D eigenvalue weighted by Gasteiger charge is -2.05. The lowest BCUT2D eigenvalue weighted by atomic mass is 10.2. The molecule has 0 saturated carbocycles. The highest BCUT2D eigenvalue weighted by atomic mass is 16.6. The van der Waals surface area contributed by atoms with Gasteiger partial charge in [0.05, 0.1) is 6.61 Å². The van der Waals surface area contributed by atoms with E-state index < -0.39 is 5.97 Å². The molecular weight excluding hydrogens is 230 g/mol. The van der Waals surface area contributed by atoms with E-state index in [-0.39, 0.29) is 5.70 Å². The Labute approximate surface area is 106 Å². The highest BCUT2D eigenvalue weighted by molar-refractivity contribution is 6.10. The van der Waals surface area contributed by atoms with Crippen molar-refractivity contribution in [1.29, 1.82) is 0 Å². The molecule has 2 rings (SSSR count). The van der Waals surface area contributed by atoms with E-state index >= 15 is 0 Å². The van der Waals surface area contributed by atoms with Gasteiger partial charge in [-0.15, -0.1) is 0 Å². The summed E-state index contributed by atoms with van der Waals surface area (Å²) >= 11 is 0. The smallest absolute Gasteiger partial charge is 0.363 e. The fourth-order valence-electron chi connectivity index (χ4n) is 1.49. The molecule has 0 fully saturated rings. The molecule has 0 aliphatic carbocycles. The quantitative estimate of drug-likeness (QED) is 0.455. The maximum absolute atomic E-state index is 11.1. The van der Waals surface area contributed by atoms with Crippen LogP contribution in [0, 0.1) is 0 Å². The highest BCUT2D eigenvalue weighted by Gasteiger charge is 2.21. The summed E-state index contributed by atoms with van der Waals surface area (Å²) in [4.78, 5) is 15.1. The number of rotatable bonds is 5. The third-order valence-corrected chi connectivity index (χ3v) is 2.53. The Morgan fingerprint density at radius 2 is 2.06 bits per heavy atom. The first-order chi connectivity index (χ1) is 8.70. The fraction of sp³-hybridized carbons (Fsp3) is 0.286. The van der Waals surface area contributed by atoms with Gasteiger partial charge in [0, 0.05) is 5.56 Å². The normalized spacial score (nSPS) is 14.4. The average molecular weight is 245 g/mol. The second kappa shape index (κ2) is 5.49. The van der Waals surface area contributed by atoms with E-state index in [1.165, 1.54) is 0 Å². The van der Waals surface area contributed by atoms with E-state index in [9.17, 15) is 4.79 Å². The van der Waals surface area contributed by atoms with Crippen molar-refractivity contribution < 1.29 is 14.3 Å². The van der Waals surface area contributed by atoms with Gasteiger partial charge < -0.3 is 9.47 Å². The first-order valence-electron chi connectivity index (χ1n) is 5.93. The Bertz CT molecular complexity index is 488. The summed E-state index contributed by atoms with van der Waals surface area (Å²) in [5.74, 6) is 0.606. The predicted octanol–water partition coefficient (Wildman–Crippen LogP) is 2.68. The molecule has 1 heterocycles. The standard InChI is InChI=1S/C14H15NO3/c1-3-4-9-17-12-7-5-11(6-8-12)13-15-10(2)14(16)18-13/h5-8H,2-4,9H2,1H3. The van der Waals surface area contributed by atoms with Crippen molar-refractivity contribution in [3.63, 3.8) is 0 Å². The van der Waals surface area contributed by atoms with Crippen molar-refractivity contribution >= 4 is 11.9 Å². The molecule has 0 bridgehead atoms. The number of carbonyl (C=O) groups is 1. The van der Waals surface area contributed by atoms with Gasteiger partial charge in [-0.2, -0.15) is 0 Å². The Hall–Kier alpha value is -2.10. The minimum atomic E-state index is -0.492. The third-order valence-electron chi connectivity index (χ3n) is 2.53. The van der Waals surface area contributed by atoms with Crippen molar-refractivity contribution in [2.45, 2.75) is 19.8 Å². The van der Waals surface area contributed by atoms with E-state index in [1.807, 2.05) is 24.3 Å². The van der Waals surface area contributed by atoms with Crippen molar-refractivity contribution in [3.05, 3.63) is 42.1 Å². The molecule has 4 heteroatoms. The first kappa shape index (κ1) is 12.4. The monoisotopic (exact) mass is 245 g/mol. The molecule has 94 valence electrons. The first-order valence-corrected chi connectivity index (χ1v) is 5.93. The molecule has 0 amide bonds. The minimum absolute atomic E-state index is 0.133. The second-order valence-electron chi connectivity index (χ2n) is 3.98. The van der Waals surface area contributed by atoms with Crippen LogP contribution in [0.15, 0.2) is 41.5 Å². The van der Waals surface area contributed by atoms with Gasteiger partial charge in [-0.25, -0.2) is 9.79 Å². The van der Waals surface area contributed by atoms with Crippen LogP contribution in [0.4, 0.5) is 0 Å². The number of carbonyl (C=O) groups excluding carboxylic acids is 1. The molecule has 1 aliphatic rings. The predicted molar refractivity (Wildman–Crippen MR) is 68.6 cm³/mol. The molecule has 18 heavy (non-hydrogen) atoms. The molecule has 0 saturated heterocycles. The number of hydrogen-bond donors (Lipinski definition) is 0. The Kier molecular flexibility index (Phi) is 3.77. The Morgan fingerprint density at radius 1 is 1.33 bits per heavy atom. The molecule has 0 N–H and O–H groups in total. The molecule has 1 aromatic rings. The van der Waals surface area contributed by atoms with Crippen LogP contribution in [0.5, 0.6) is 5.75 Å². The summed E-state index contributed by atoms with van der Waals surface area (Å²) in [7, 11) is 0. The van der Waals surface area contributed by atoms with Crippen LogP contribution in [0.1, 0.15) is 25.3 Å². The third kappa shape index (κ3) is 2.77. The summed E-state index contributed by atoms with van der Waals surface area (Å²) in [5.41, 5.74) is 0.873. The number of unbranched alkanes of at least 4 members (excludes halogenated alkanes) is 1. The van der Waals surface area contributed by atoms with Crippen LogP contribution in [0.3, 0.4) is 0 Å². The van der Waals surface area contributed by atoms with Gasteiger partial charge in [0.15, 0.2) is 0 Å². The number of benzene rings is 1. The van der Waals surface area contributed by atoms with E-state index in [1.54, 1.807) is 0 Å². The highest BCUT2D eigenvalue weighted by Crippen LogP contribution is 2.18. The van der Waals surface area contributed by atoms with E-state index in [0.717, 1.165) is 24.2 Å². The molecule has 1 aliphatic heterocycles. The molecule has 1 aromatic carbocycles. The van der Waals surface area contributed by atoms with Crippen LogP contribution in [0.2, 0.25) is 0 Å². The number of cyclic esters (lactones) is 1. The number of ether oxygens (including phenoxy) is 2. The maximum Gasteiger partial charge on any atom is 0.363 e. The minimum Gasteiger partial charge on any atom is -0.494 e. The summed E-state index contributed by atoms with van der Waals surface area (Å²) in [6, 6.07) is 7.29. The van der Waals surface area contributed by atoms with Crippen LogP contribution in [-0.4, -0.2) is 18.5 Å². The lowest BCUT2D eigenvalue weighted by molar-refractivity contribution is -0.129. The largest absolute Gasteiger partial charge is 0.494 e. The summed E-state index contributed by atoms with van der Waals surface area (Å²) in [6.45, 7) is 6.32. The van der Waals surface area contributed by atoms with Crippen LogP contribution < -0.4 is 4.74 Å². The summed E-state index contributed by atoms with van der Waals surface area (Å²) in [6.07, 6.45) is 2.14. The zero-order valence-electron chi connectivity index (χ0n) is 10.3. The van der Waals surface area contributed by atoms with Gasteiger partial charge in [0.25, 0.3) is 0 Å². The number of esters is 1. The molecular formula is C14H15NO3. The number of aliphatic imine (C=N–C) groups is 1. The average Bonchev–Trinajstić information content (AvgIpc) is 2.71. The molecule has 4 nitrogen and oxygen atoms in total.